The summed E-state index contributed by atoms with van der Waals surface area (Å²) in [5, 5.41) is 0. The van der Waals surface area contributed by atoms with Crippen LogP contribution >= 0.6 is 0 Å². The number of nitrogens with one attached hydrogen (secondary N) is 1. The first-order valence-electron chi connectivity index (χ1n) is 6.40. The molecule has 2 fully saturated rings. The van der Waals surface area contributed by atoms with E-state index in [1.807, 2.05) is 0 Å². The lowest BCUT2D eigenvalue weighted by Crippen LogP contribution is -2.48. The Morgan fingerprint density at radius 1 is 1.47 bits per heavy atom. The molecule has 3 N–H and O–H groups in total. The van der Waals surface area contributed by atoms with Crippen molar-refractivity contribution in [2.24, 2.45) is 17.1 Å². The van der Waals surface area contributed by atoms with Crippen molar-refractivity contribution in [3.63, 3.8) is 0 Å². The van der Waals surface area contributed by atoms with E-state index in [1.54, 1.807) is 4.31 Å². The molecule has 5 nitrogen and oxygen atoms in total. The number of nitrogens with two attached hydrogens (primary N) is 1. The summed E-state index contributed by atoms with van der Waals surface area (Å²) in [6.45, 7) is 4.46. The highest BCUT2D eigenvalue weighted by Gasteiger charge is 2.39. The van der Waals surface area contributed by atoms with Gasteiger partial charge in [-0.2, -0.15) is 12.7 Å². The minimum atomic E-state index is -3.29. The summed E-state index contributed by atoms with van der Waals surface area (Å²) >= 11 is 0. The first-order chi connectivity index (χ1) is 7.95. The van der Waals surface area contributed by atoms with Crippen LogP contribution in [-0.2, 0) is 10.2 Å². The Morgan fingerprint density at radius 3 is 2.76 bits per heavy atom. The third-order valence-corrected chi connectivity index (χ3v) is 5.46. The lowest BCUT2D eigenvalue weighted by atomic mass is 10.0. The van der Waals surface area contributed by atoms with E-state index in [2.05, 4.69) is 11.6 Å². The first-order valence-corrected chi connectivity index (χ1v) is 7.84. The average Bonchev–Trinajstić information content (AvgIpc) is 3.06. The van der Waals surface area contributed by atoms with E-state index in [4.69, 9.17) is 5.73 Å². The zero-order valence-electron chi connectivity index (χ0n) is 10.5. The molecule has 0 spiro atoms. The number of hydrogen-bond donors (Lipinski definition) is 2. The van der Waals surface area contributed by atoms with Crippen LogP contribution < -0.4 is 10.5 Å². The molecule has 1 aliphatic heterocycles. The van der Waals surface area contributed by atoms with Crippen LogP contribution in [0.4, 0.5) is 0 Å². The summed E-state index contributed by atoms with van der Waals surface area (Å²) in [7, 11) is -3.29. The molecule has 6 heteroatoms. The topological polar surface area (TPSA) is 75.4 Å². The van der Waals surface area contributed by atoms with Gasteiger partial charge in [0, 0.05) is 19.6 Å². The second-order valence-electron chi connectivity index (χ2n) is 5.74. The molecule has 2 aliphatic rings. The van der Waals surface area contributed by atoms with Crippen LogP contribution in [-0.4, -0.2) is 38.9 Å². The largest absolute Gasteiger partial charge is 0.330 e. The van der Waals surface area contributed by atoms with E-state index in [9.17, 15) is 8.42 Å². The first kappa shape index (κ1) is 13.3. The highest BCUT2D eigenvalue weighted by Crippen LogP contribution is 2.44. The molecule has 1 aliphatic carbocycles. The monoisotopic (exact) mass is 261 g/mol. The molecular weight excluding hydrogens is 238 g/mol. The lowest BCUT2D eigenvalue weighted by molar-refractivity contribution is 0.268. The van der Waals surface area contributed by atoms with Crippen LogP contribution in [0.2, 0.25) is 0 Å². The van der Waals surface area contributed by atoms with E-state index in [-0.39, 0.29) is 5.41 Å². The third-order valence-electron chi connectivity index (χ3n) is 3.94. The van der Waals surface area contributed by atoms with Crippen LogP contribution in [0, 0.1) is 11.3 Å². The smallest absolute Gasteiger partial charge is 0.279 e. The molecule has 0 radical (unpaired) electrons. The Bertz CT molecular complexity index is 365. The second-order valence-corrected chi connectivity index (χ2v) is 7.49. The van der Waals surface area contributed by atoms with Crippen molar-refractivity contribution >= 4 is 10.2 Å². The molecule has 1 atom stereocenters. The Labute approximate surface area is 104 Å². The van der Waals surface area contributed by atoms with Crippen LogP contribution in [0.1, 0.15) is 32.6 Å². The fourth-order valence-electron chi connectivity index (χ4n) is 2.18. The summed E-state index contributed by atoms with van der Waals surface area (Å²) in [5.41, 5.74) is 5.82. The van der Waals surface area contributed by atoms with Crippen molar-refractivity contribution in [3.05, 3.63) is 0 Å². The number of piperidine rings is 1. The highest BCUT2D eigenvalue weighted by atomic mass is 32.2. The van der Waals surface area contributed by atoms with Crippen molar-refractivity contribution in [1.29, 1.82) is 0 Å². The molecule has 2 rings (SSSR count). The van der Waals surface area contributed by atoms with Gasteiger partial charge in [-0.1, -0.05) is 6.92 Å². The molecular formula is C11H23N3O2S. The van der Waals surface area contributed by atoms with Gasteiger partial charge in [-0.15, -0.1) is 0 Å². The molecule has 0 bridgehead atoms. The van der Waals surface area contributed by atoms with Gasteiger partial charge < -0.3 is 5.73 Å². The highest BCUT2D eigenvalue weighted by molar-refractivity contribution is 7.87. The summed E-state index contributed by atoms with van der Waals surface area (Å²) in [6, 6.07) is 0. The molecule has 1 heterocycles. The Hall–Kier alpha value is -0.170. The van der Waals surface area contributed by atoms with E-state index in [1.165, 1.54) is 0 Å². The summed E-state index contributed by atoms with van der Waals surface area (Å²) in [4.78, 5) is 0. The molecule has 0 amide bonds. The minimum absolute atomic E-state index is 0.204. The molecule has 1 saturated heterocycles. The quantitative estimate of drug-likeness (QED) is 0.747. The van der Waals surface area contributed by atoms with Gasteiger partial charge in [0.2, 0.25) is 0 Å². The van der Waals surface area contributed by atoms with E-state index in [0.29, 0.717) is 32.1 Å². The molecule has 0 aromatic carbocycles. The molecule has 0 aromatic rings. The van der Waals surface area contributed by atoms with Crippen molar-refractivity contribution in [3.8, 4) is 0 Å². The number of rotatable bonds is 5. The molecule has 1 saturated carbocycles. The van der Waals surface area contributed by atoms with Crippen molar-refractivity contribution in [1.82, 2.24) is 9.03 Å². The number of hydrogen-bond acceptors (Lipinski definition) is 3. The van der Waals surface area contributed by atoms with E-state index in [0.717, 1.165) is 25.7 Å². The Kier molecular flexibility index (Phi) is 3.77. The van der Waals surface area contributed by atoms with E-state index >= 15 is 0 Å². The van der Waals surface area contributed by atoms with Gasteiger partial charge in [0.1, 0.15) is 0 Å². The molecule has 17 heavy (non-hydrogen) atoms. The fourth-order valence-corrected chi connectivity index (χ4v) is 3.67. The zero-order chi connectivity index (χ0) is 12.5. The van der Waals surface area contributed by atoms with Gasteiger partial charge >= 0.3 is 0 Å². The van der Waals surface area contributed by atoms with Crippen molar-refractivity contribution in [2.75, 3.05) is 26.2 Å². The van der Waals surface area contributed by atoms with Gasteiger partial charge in [0.15, 0.2) is 0 Å². The predicted molar refractivity (Wildman–Crippen MR) is 67.6 cm³/mol. The maximum Gasteiger partial charge on any atom is 0.279 e. The third kappa shape index (κ3) is 3.40. The molecule has 0 aromatic heterocycles. The predicted octanol–water partition coefficient (Wildman–Crippen LogP) is 0.292. The molecule has 1 unspecified atom stereocenters. The van der Waals surface area contributed by atoms with Crippen LogP contribution in [0.3, 0.4) is 0 Å². The van der Waals surface area contributed by atoms with Gasteiger partial charge in [-0.25, -0.2) is 4.72 Å². The van der Waals surface area contributed by atoms with Crippen LogP contribution in [0.5, 0.6) is 0 Å². The normalized spacial score (nSPS) is 29.2. The zero-order valence-corrected chi connectivity index (χ0v) is 11.3. The Balaban J connectivity index is 1.90. The van der Waals surface area contributed by atoms with Gasteiger partial charge in [-0.3, -0.25) is 0 Å². The van der Waals surface area contributed by atoms with Crippen LogP contribution in [0.25, 0.3) is 0 Å². The maximum absolute atomic E-state index is 12.1. The van der Waals surface area contributed by atoms with Crippen molar-refractivity contribution < 1.29 is 8.42 Å². The summed E-state index contributed by atoms with van der Waals surface area (Å²) < 4.78 is 28.5. The minimum Gasteiger partial charge on any atom is -0.330 e. The van der Waals surface area contributed by atoms with Crippen molar-refractivity contribution in [2.45, 2.75) is 32.6 Å². The van der Waals surface area contributed by atoms with Gasteiger partial charge in [0.05, 0.1) is 0 Å². The fraction of sp³-hybridized carbons (Fsp3) is 1.00. The number of nitrogens with zero attached hydrogens (tertiary/aromatic N) is 1. The lowest BCUT2D eigenvalue weighted by Gasteiger charge is -2.31. The molecule has 100 valence electrons. The van der Waals surface area contributed by atoms with Gasteiger partial charge in [0.25, 0.3) is 10.2 Å². The SMILES string of the molecule is CC1(CNS(=O)(=O)N2CCCC(CN)C2)CC1. The Morgan fingerprint density at radius 2 is 2.18 bits per heavy atom. The average molecular weight is 261 g/mol. The van der Waals surface area contributed by atoms with Crippen LogP contribution in [0.15, 0.2) is 0 Å². The summed E-state index contributed by atoms with van der Waals surface area (Å²) in [5.74, 6) is 0.317. The maximum atomic E-state index is 12.1. The second kappa shape index (κ2) is 4.84. The standard InChI is InChI=1S/C11H23N3O2S/c1-11(4-5-11)9-13-17(15,16)14-6-2-3-10(7-12)8-14/h10,13H,2-9,12H2,1H3. The van der Waals surface area contributed by atoms with E-state index < -0.39 is 10.2 Å². The van der Waals surface area contributed by atoms with Gasteiger partial charge in [-0.05, 0) is 43.6 Å². The summed E-state index contributed by atoms with van der Waals surface area (Å²) in [6.07, 6.45) is 4.21.